The van der Waals surface area contributed by atoms with Crippen molar-refractivity contribution < 1.29 is 9.90 Å². The van der Waals surface area contributed by atoms with Crippen LogP contribution in [0.1, 0.15) is 61.9 Å². The van der Waals surface area contributed by atoms with Gasteiger partial charge in [0.25, 0.3) is 5.91 Å². The Kier molecular flexibility index (Phi) is 5.93. The van der Waals surface area contributed by atoms with Gasteiger partial charge in [-0.1, -0.05) is 11.8 Å². The third-order valence-corrected chi connectivity index (χ3v) is 6.03. The smallest absolute Gasteiger partial charge is 0.253 e. The molecular weight excluding hydrogens is 336 g/mol. The van der Waals surface area contributed by atoms with Crippen molar-refractivity contribution in [2.45, 2.75) is 51.6 Å². The molecule has 146 valence electrons. The zero-order chi connectivity index (χ0) is 19.5. The van der Waals surface area contributed by atoms with Crippen molar-refractivity contribution in [3.63, 3.8) is 0 Å². The van der Waals surface area contributed by atoms with Crippen molar-refractivity contribution in [1.82, 2.24) is 9.80 Å². The van der Waals surface area contributed by atoms with Crippen molar-refractivity contribution >= 4 is 5.91 Å². The molecule has 0 aromatic heterocycles. The quantitative estimate of drug-likeness (QED) is 0.775. The van der Waals surface area contributed by atoms with Crippen LogP contribution in [0.25, 0.3) is 0 Å². The number of nitrogens with zero attached hydrogens (tertiary/aromatic N) is 2. The van der Waals surface area contributed by atoms with Crippen LogP contribution in [-0.2, 0) is 0 Å². The topological polar surface area (TPSA) is 43.8 Å². The highest BCUT2D eigenvalue weighted by Gasteiger charge is 2.36. The molecule has 1 aromatic rings. The maximum absolute atomic E-state index is 12.9. The van der Waals surface area contributed by atoms with Crippen LogP contribution in [0.2, 0.25) is 0 Å². The van der Waals surface area contributed by atoms with E-state index in [0.717, 1.165) is 37.1 Å². The van der Waals surface area contributed by atoms with Crippen LogP contribution >= 0.6 is 0 Å². The first-order valence-electron chi connectivity index (χ1n) is 10.1. The molecule has 0 aliphatic carbocycles. The van der Waals surface area contributed by atoms with Crippen molar-refractivity contribution in [2.75, 3.05) is 33.2 Å². The summed E-state index contributed by atoms with van der Waals surface area (Å²) < 4.78 is 0. The number of hydrogen-bond acceptors (Lipinski definition) is 3. The summed E-state index contributed by atoms with van der Waals surface area (Å²) in [5, 5.41) is 9.69. The second kappa shape index (κ2) is 8.04. The molecule has 0 radical (unpaired) electrons. The van der Waals surface area contributed by atoms with Gasteiger partial charge in [-0.05, 0) is 95.8 Å². The minimum atomic E-state index is -1.01. The number of aliphatic hydroxyl groups is 1. The third-order valence-electron chi connectivity index (χ3n) is 6.03. The summed E-state index contributed by atoms with van der Waals surface area (Å²) in [5.41, 5.74) is 0.970. The SMILES string of the molecule is CN1CCCC2(CC1)CCN(C(=O)c1ccc(C#CC(C)(C)O)cc1)CC2. The Balaban J connectivity index is 1.60. The van der Waals surface area contributed by atoms with E-state index >= 15 is 0 Å². The number of carbonyl (C=O) groups excluding carboxylic acids is 1. The Labute approximate surface area is 163 Å². The predicted octanol–water partition coefficient (Wildman–Crippen LogP) is 3.15. The highest BCUT2D eigenvalue weighted by molar-refractivity contribution is 5.94. The molecule has 4 heteroatoms. The molecule has 1 amide bonds. The molecule has 2 heterocycles. The van der Waals surface area contributed by atoms with Crippen molar-refractivity contribution in [2.24, 2.45) is 5.41 Å². The monoisotopic (exact) mass is 368 g/mol. The zero-order valence-electron chi connectivity index (χ0n) is 16.9. The summed E-state index contributed by atoms with van der Waals surface area (Å²) >= 11 is 0. The van der Waals surface area contributed by atoms with E-state index in [-0.39, 0.29) is 5.91 Å². The number of rotatable bonds is 1. The molecule has 2 fully saturated rings. The Morgan fingerprint density at radius 3 is 2.30 bits per heavy atom. The predicted molar refractivity (Wildman–Crippen MR) is 109 cm³/mol. The molecule has 27 heavy (non-hydrogen) atoms. The number of benzene rings is 1. The molecule has 0 atom stereocenters. The lowest BCUT2D eigenvalue weighted by atomic mass is 9.73. The molecule has 3 rings (SSSR count). The van der Waals surface area contributed by atoms with E-state index in [1.165, 1.54) is 32.4 Å². The van der Waals surface area contributed by atoms with Crippen molar-refractivity contribution in [1.29, 1.82) is 0 Å². The second-order valence-corrected chi connectivity index (χ2v) is 8.84. The average Bonchev–Trinajstić information content (AvgIpc) is 2.82. The van der Waals surface area contributed by atoms with E-state index in [1.54, 1.807) is 13.8 Å². The minimum absolute atomic E-state index is 0.123. The average molecular weight is 369 g/mol. The molecule has 2 aliphatic rings. The van der Waals surface area contributed by atoms with Crippen LogP contribution in [0.3, 0.4) is 0 Å². The summed E-state index contributed by atoms with van der Waals surface area (Å²) in [6, 6.07) is 7.42. The lowest BCUT2D eigenvalue weighted by Gasteiger charge is -2.41. The number of likely N-dealkylation sites (tertiary alicyclic amines) is 2. The molecular formula is C23H32N2O2. The van der Waals surface area contributed by atoms with Gasteiger partial charge >= 0.3 is 0 Å². The number of amides is 1. The van der Waals surface area contributed by atoms with Crippen LogP contribution in [0, 0.1) is 17.3 Å². The Bertz CT molecular complexity index is 713. The summed E-state index contributed by atoms with van der Waals surface area (Å²) in [4.78, 5) is 17.3. The maximum Gasteiger partial charge on any atom is 0.253 e. The molecule has 0 saturated carbocycles. The van der Waals surface area contributed by atoms with Crippen LogP contribution in [-0.4, -0.2) is 59.6 Å². The molecule has 1 aromatic carbocycles. The van der Waals surface area contributed by atoms with Crippen LogP contribution in [0.4, 0.5) is 0 Å². The van der Waals surface area contributed by atoms with E-state index in [4.69, 9.17) is 0 Å². The lowest BCUT2D eigenvalue weighted by molar-refractivity contribution is 0.0542. The highest BCUT2D eigenvalue weighted by Crippen LogP contribution is 2.41. The second-order valence-electron chi connectivity index (χ2n) is 8.84. The number of piperidine rings is 1. The minimum Gasteiger partial charge on any atom is -0.378 e. The number of carbonyl (C=O) groups is 1. The standard InChI is InChI=1S/C23H32N2O2/c1-22(2,27)11-9-19-5-7-20(8-6-19)21(26)25-17-13-23(14-18-25)10-4-15-24(3)16-12-23/h5-8,27H,4,10,12-18H2,1-3H3. The van der Waals surface area contributed by atoms with Gasteiger partial charge < -0.3 is 14.9 Å². The van der Waals surface area contributed by atoms with Crippen LogP contribution in [0.15, 0.2) is 24.3 Å². The van der Waals surface area contributed by atoms with Gasteiger partial charge in [0.15, 0.2) is 0 Å². The van der Waals surface area contributed by atoms with E-state index in [1.807, 2.05) is 29.2 Å². The van der Waals surface area contributed by atoms with Gasteiger partial charge in [0.1, 0.15) is 5.60 Å². The summed E-state index contributed by atoms with van der Waals surface area (Å²) in [6.07, 6.45) is 6.09. The first-order valence-corrected chi connectivity index (χ1v) is 10.1. The van der Waals surface area contributed by atoms with E-state index in [0.29, 0.717) is 5.41 Å². The van der Waals surface area contributed by atoms with Gasteiger partial charge in [-0.25, -0.2) is 0 Å². The number of hydrogen-bond donors (Lipinski definition) is 1. The van der Waals surface area contributed by atoms with Crippen LogP contribution < -0.4 is 0 Å². The van der Waals surface area contributed by atoms with Gasteiger partial charge in [-0.2, -0.15) is 0 Å². The lowest BCUT2D eigenvalue weighted by Crippen LogP contribution is -2.43. The molecule has 0 bridgehead atoms. The van der Waals surface area contributed by atoms with Gasteiger partial charge in [-0.3, -0.25) is 4.79 Å². The Morgan fingerprint density at radius 1 is 1.04 bits per heavy atom. The normalized spacial score (nSPS) is 20.7. The summed E-state index contributed by atoms with van der Waals surface area (Å²) in [5.74, 6) is 5.87. The molecule has 2 saturated heterocycles. The highest BCUT2D eigenvalue weighted by atomic mass is 16.3. The van der Waals surface area contributed by atoms with E-state index in [9.17, 15) is 9.90 Å². The molecule has 0 unspecified atom stereocenters. The molecule has 1 spiro atoms. The summed E-state index contributed by atoms with van der Waals surface area (Å²) in [7, 11) is 2.22. The van der Waals surface area contributed by atoms with Gasteiger partial charge in [0, 0.05) is 24.2 Å². The largest absolute Gasteiger partial charge is 0.378 e. The fraction of sp³-hybridized carbons (Fsp3) is 0.609. The summed E-state index contributed by atoms with van der Waals surface area (Å²) in [6.45, 7) is 7.43. The fourth-order valence-corrected chi connectivity index (χ4v) is 4.18. The fourth-order valence-electron chi connectivity index (χ4n) is 4.18. The van der Waals surface area contributed by atoms with Crippen molar-refractivity contribution in [3.05, 3.63) is 35.4 Å². The van der Waals surface area contributed by atoms with E-state index < -0.39 is 5.60 Å². The first kappa shape index (κ1) is 19.9. The molecule has 1 N–H and O–H groups in total. The first-order chi connectivity index (χ1) is 12.8. The Morgan fingerprint density at radius 2 is 1.67 bits per heavy atom. The van der Waals surface area contributed by atoms with Crippen LogP contribution in [0.5, 0.6) is 0 Å². The van der Waals surface area contributed by atoms with Gasteiger partial charge in [0.2, 0.25) is 0 Å². The molecule has 2 aliphatic heterocycles. The maximum atomic E-state index is 12.9. The Hall–Kier alpha value is -1.83. The van der Waals surface area contributed by atoms with Gasteiger partial charge in [-0.15, -0.1) is 0 Å². The third kappa shape index (κ3) is 5.34. The molecule has 4 nitrogen and oxygen atoms in total. The zero-order valence-corrected chi connectivity index (χ0v) is 16.9. The van der Waals surface area contributed by atoms with Gasteiger partial charge in [0.05, 0.1) is 0 Å². The van der Waals surface area contributed by atoms with Crippen molar-refractivity contribution in [3.8, 4) is 11.8 Å². The van der Waals surface area contributed by atoms with E-state index in [2.05, 4.69) is 23.8 Å².